The molecule has 1 rings (SSSR count). The molecule has 0 fully saturated rings. The molecule has 0 unspecified atom stereocenters. The second kappa shape index (κ2) is 2.77. The summed E-state index contributed by atoms with van der Waals surface area (Å²) in [5.74, 6) is 0. The molecular weight excluding hydrogens is 138 g/mol. The summed E-state index contributed by atoms with van der Waals surface area (Å²) in [5.41, 5.74) is 11.1. The first kappa shape index (κ1) is 8.46. The predicted octanol–water partition coefficient (Wildman–Crippen LogP) is -0.344. The van der Waals surface area contributed by atoms with Gasteiger partial charge in [0.05, 0.1) is 0 Å². The van der Waals surface area contributed by atoms with Crippen molar-refractivity contribution in [2.45, 2.75) is 11.7 Å². The van der Waals surface area contributed by atoms with Crippen LogP contribution >= 0.6 is 0 Å². The van der Waals surface area contributed by atoms with Crippen molar-refractivity contribution >= 4 is 0 Å². The topological polar surface area (TPSA) is 55.3 Å². The molecule has 0 saturated carbocycles. The van der Waals surface area contributed by atoms with Gasteiger partial charge >= 0.3 is 0 Å². The molecule has 0 spiro atoms. The normalized spacial score (nSPS) is 36.6. The maximum atomic E-state index is 5.96. The quantitative estimate of drug-likeness (QED) is 0.400. The fourth-order valence-electron chi connectivity index (χ4n) is 0.948. The molecule has 4 N–H and O–H groups in total. The van der Waals surface area contributed by atoms with Crippen LogP contribution in [0.4, 0.5) is 0 Å². The molecule has 0 aliphatic heterocycles. The highest BCUT2D eigenvalue weighted by Crippen LogP contribution is 2.13. The van der Waals surface area contributed by atoms with Crippen molar-refractivity contribution in [3.63, 3.8) is 0 Å². The minimum Gasteiger partial charge on any atom is -0.321 e. The molecule has 0 aromatic rings. The zero-order valence-electron chi connectivity index (χ0n) is 6.99. The second-order valence-corrected chi connectivity index (χ2v) is 3.08. The third kappa shape index (κ3) is 1.68. The third-order valence-electron chi connectivity index (χ3n) is 1.95. The summed E-state index contributed by atoms with van der Waals surface area (Å²) in [5, 5.41) is 0. The van der Waals surface area contributed by atoms with Crippen LogP contribution < -0.4 is 11.5 Å². The van der Waals surface area contributed by atoms with Crippen LogP contribution in [-0.4, -0.2) is 30.7 Å². The lowest BCUT2D eigenvalue weighted by atomic mass is 10.0. The maximum absolute atomic E-state index is 5.96. The summed E-state index contributed by atoms with van der Waals surface area (Å²) >= 11 is 0. The fraction of sp³-hybridized carbons (Fsp3) is 0.500. The first-order valence-corrected chi connectivity index (χ1v) is 3.65. The van der Waals surface area contributed by atoms with Crippen LogP contribution in [0.3, 0.4) is 0 Å². The largest absolute Gasteiger partial charge is 0.321 e. The molecule has 0 atom stereocenters. The van der Waals surface area contributed by atoms with Crippen LogP contribution in [0.25, 0.3) is 0 Å². The Morgan fingerprint density at radius 2 is 1.73 bits per heavy atom. The van der Waals surface area contributed by atoms with E-state index in [2.05, 4.69) is 0 Å². The number of nitrogens with zero attached hydrogens (tertiary/aromatic N) is 1. The number of hydrogen-bond donors (Lipinski definition) is 2. The maximum Gasteiger partial charge on any atom is 0.107 e. The Kier molecular flexibility index (Phi) is 2.13. The van der Waals surface area contributed by atoms with Crippen molar-refractivity contribution in [2.75, 3.05) is 14.1 Å². The van der Waals surface area contributed by atoms with Gasteiger partial charge in [-0.2, -0.15) is 0 Å². The van der Waals surface area contributed by atoms with Gasteiger partial charge in [-0.25, -0.2) is 0 Å². The molecular formula is C8H15N3. The Morgan fingerprint density at radius 1 is 1.27 bits per heavy atom. The monoisotopic (exact) mass is 153 g/mol. The molecule has 11 heavy (non-hydrogen) atoms. The number of rotatable bonds is 1. The smallest absolute Gasteiger partial charge is 0.107 e. The van der Waals surface area contributed by atoms with E-state index >= 15 is 0 Å². The molecule has 0 radical (unpaired) electrons. The zero-order chi connectivity index (χ0) is 8.48. The highest BCUT2D eigenvalue weighted by atomic mass is 15.2. The van der Waals surface area contributed by atoms with Gasteiger partial charge in [0, 0.05) is 6.04 Å². The molecule has 3 heteroatoms. The number of likely N-dealkylation sites (N-methyl/N-ethyl adjacent to an activating group) is 1. The van der Waals surface area contributed by atoms with Crippen LogP contribution in [0.1, 0.15) is 0 Å². The van der Waals surface area contributed by atoms with Gasteiger partial charge < -0.3 is 11.5 Å². The number of hydrogen-bond acceptors (Lipinski definition) is 3. The average Bonchev–Trinajstić information content (AvgIpc) is 1.95. The van der Waals surface area contributed by atoms with E-state index in [1.54, 1.807) is 0 Å². The first-order chi connectivity index (χ1) is 5.04. The second-order valence-electron chi connectivity index (χ2n) is 3.08. The molecule has 0 saturated heterocycles. The van der Waals surface area contributed by atoms with Crippen molar-refractivity contribution in [1.82, 2.24) is 4.90 Å². The van der Waals surface area contributed by atoms with Crippen molar-refractivity contribution in [1.29, 1.82) is 0 Å². The van der Waals surface area contributed by atoms with E-state index in [0.29, 0.717) is 0 Å². The van der Waals surface area contributed by atoms with Crippen LogP contribution in [-0.2, 0) is 0 Å². The molecule has 0 heterocycles. The minimum atomic E-state index is -0.449. The highest BCUT2D eigenvalue weighted by molar-refractivity contribution is 5.25. The lowest BCUT2D eigenvalue weighted by molar-refractivity contribution is 0.268. The van der Waals surface area contributed by atoms with Crippen molar-refractivity contribution in [2.24, 2.45) is 11.5 Å². The predicted molar refractivity (Wildman–Crippen MR) is 46.9 cm³/mol. The SMILES string of the molecule is CN(C)C1(N)C=CC(N)C=C1. The van der Waals surface area contributed by atoms with E-state index in [1.807, 2.05) is 43.3 Å². The highest BCUT2D eigenvalue weighted by Gasteiger charge is 2.22. The fourth-order valence-corrected chi connectivity index (χ4v) is 0.948. The summed E-state index contributed by atoms with van der Waals surface area (Å²) in [4.78, 5) is 1.94. The summed E-state index contributed by atoms with van der Waals surface area (Å²) in [6.07, 6.45) is 7.63. The van der Waals surface area contributed by atoms with Gasteiger partial charge in [-0.05, 0) is 26.2 Å². The molecule has 0 bridgehead atoms. The standard InChI is InChI=1S/C8H15N3/c1-11(2)8(10)5-3-7(9)4-6-8/h3-7H,9-10H2,1-2H3. The van der Waals surface area contributed by atoms with Gasteiger partial charge in [-0.3, -0.25) is 4.90 Å². The van der Waals surface area contributed by atoms with Crippen molar-refractivity contribution in [3.8, 4) is 0 Å². The molecule has 0 aromatic carbocycles. The number of nitrogens with two attached hydrogens (primary N) is 2. The first-order valence-electron chi connectivity index (χ1n) is 3.65. The Balaban J connectivity index is 2.77. The summed E-state index contributed by atoms with van der Waals surface area (Å²) in [6.45, 7) is 0. The van der Waals surface area contributed by atoms with E-state index in [-0.39, 0.29) is 6.04 Å². The van der Waals surface area contributed by atoms with E-state index < -0.39 is 5.66 Å². The molecule has 3 nitrogen and oxygen atoms in total. The molecule has 1 aliphatic carbocycles. The van der Waals surface area contributed by atoms with Crippen molar-refractivity contribution in [3.05, 3.63) is 24.3 Å². The van der Waals surface area contributed by atoms with E-state index in [0.717, 1.165) is 0 Å². The molecule has 0 aromatic heterocycles. The summed E-state index contributed by atoms with van der Waals surface area (Å²) in [7, 11) is 3.87. The van der Waals surface area contributed by atoms with Crippen LogP contribution in [0.5, 0.6) is 0 Å². The Morgan fingerprint density at radius 3 is 2.09 bits per heavy atom. The molecule has 62 valence electrons. The third-order valence-corrected chi connectivity index (χ3v) is 1.95. The summed E-state index contributed by atoms with van der Waals surface area (Å²) < 4.78 is 0. The van der Waals surface area contributed by atoms with E-state index in [9.17, 15) is 0 Å². The minimum absolute atomic E-state index is 0.0200. The van der Waals surface area contributed by atoms with Crippen LogP contribution in [0, 0.1) is 0 Å². The lowest BCUT2D eigenvalue weighted by Crippen LogP contribution is -2.50. The van der Waals surface area contributed by atoms with Crippen molar-refractivity contribution < 1.29 is 0 Å². The molecule has 0 amide bonds. The average molecular weight is 153 g/mol. The Bertz CT molecular complexity index is 180. The Hall–Kier alpha value is -0.640. The van der Waals surface area contributed by atoms with Gasteiger partial charge in [-0.15, -0.1) is 0 Å². The van der Waals surface area contributed by atoms with E-state index in [1.165, 1.54) is 0 Å². The van der Waals surface area contributed by atoms with Crippen LogP contribution in [0.15, 0.2) is 24.3 Å². The lowest BCUT2D eigenvalue weighted by Gasteiger charge is -2.32. The summed E-state index contributed by atoms with van der Waals surface area (Å²) in [6, 6.07) is 0.0200. The molecule has 1 aliphatic rings. The Labute approximate surface area is 67.3 Å². The van der Waals surface area contributed by atoms with Gasteiger partial charge in [0.25, 0.3) is 0 Å². The van der Waals surface area contributed by atoms with Crippen LogP contribution in [0.2, 0.25) is 0 Å². The van der Waals surface area contributed by atoms with Gasteiger partial charge in [0.1, 0.15) is 5.66 Å². The van der Waals surface area contributed by atoms with Gasteiger partial charge in [0.15, 0.2) is 0 Å². The van der Waals surface area contributed by atoms with E-state index in [4.69, 9.17) is 11.5 Å². The van der Waals surface area contributed by atoms with Gasteiger partial charge in [-0.1, -0.05) is 12.2 Å². The zero-order valence-corrected chi connectivity index (χ0v) is 6.99. The van der Waals surface area contributed by atoms with Gasteiger partial charge in [0.2, 0.25) is 0 Å².